The van der Waals surface area contributed by atoms with Crippen molar-refractivity contribution in [3.05, 3.63) is 82.8 Å². The van der Waals surface area contributed by atoms with Crippen molar-refractivity contribution in [1.82, 2.24) is 30.0 Å². The summed E-state index contributed by atoms with van der Waals surface area (Å²) in [5.74, 6) is 0.329. The first kappa shape index (κ1) is 17.6. The number of carbonyl (C=O) groups is 1. The van der Waals surface area contributed by atoms with Crippen LogP contribution in [0.3, 0.4) is 0 Å². The Morgan fingerprint density at radius 2 is 1.96 bits per heavy atom. The number of aromatic nitrogens is 5. The van der Waals surface area contributed by atoms with Gasteiger partial charge in [0.25, 0.3) is 5.56 Å². The molecule has 3 aromatic heterocycles. The van der Waals surface area contributed by atoms with Gasteiger partial charge in [0.1, 0.15) is 11.2 Å². The molecule has 8 nitrogen and oxygen atoms in total. The zero-order valence-electron chi connectivity index (χ0n) is 15.0. The van der Waals surface area contributed by atoms with E-state index < -0.39 is 0 Å². The number of amides is 1. The number of H-pyrrole nitrogens is 1. The zero-order valence-corrected chi connectivity index (χ0v) is 15.0. The molecule has 0 spiro atoms. The molecule has 1 amide bonds. The molecule has 0 bridgehead atoms. The largest absolute Gasteiger partial charge is 0.352 e. The molecule has 4 aromatic rings. The summed E-state index contributed by atoms with van der Waals surface area (Å²) < 4.78 is 1.62. The summed E-state index contributed by atoms with van der Waals surface area (Å²) in [7, 11) is 0. The van der Waals surface area contributed by atoms with Crippen LogP contribution in [0.1, 0.15) is 17.8 Å². The molecule has 8 heteroatoms. The van der Waals surface area contributed by atoms with Crippen LogP contribution >= 0.6 is 0 Å². The van der Waals surface area contributed by atoms with E-state index in [1.54, 1.807) is 17.1 Å². The van der Waals surface area contributed by atoms with E-state index in [9.17, 15) is 9.59 Å². The number of fused-ring (bicyclic) bond motifs is 1. The van der Waals surface area contributed by atoms with Gasteiger partial charge in [0.05, 0.1) is 11.9 Å². The van der Waals surface area contributed by atoms with Crippen molar-refractivity contribution in [2.75, 3.05) is 0 Å². The van der Waals surface area contributed by atoms with Crippen molar-refractivity contribution in [1.29, 1.82) is 0 Å². The number of pyridine rings is 1. The van der Waals surface area contributed by atoms with Crippen LogP contribution in [0.4, 0.5) is 0 Å². The zero-order chi connectivity index (χ0) is 19.3. The van der Waals surface area contributed by atoms with Gasteiger partial charge in [0.15, 0.2) is 5.65 Å². The summed E-state index contributed by atoms with van der Waals surface area (Å²) in [6.45, 7) is 0.413. The van der Waals surface area contributed by atoms with Crippen molar-refractivity contribution in [3.63, 3.8) is 0 Å². The first-order chi connectivity index (χ1) is 13.7. The van der Waals surface area contributed by atoms with E-state index >= 15 is 0 Å². The molecule has 0 saturated carbocycles. The highest BCUT2D eigenvalue weighted by Gasteiger charge is 2.12. The molecule has 2 N–H and O–H groups in total. The van der Waals surface area contributed by atoms with Gasteiger partial charge >= 0.3 is 0 Å². The maximum atomic E-state index is 12.3. The Kier molecular flexibility index (Phi) is 4.92. The number of rotatable bonds is 6. The average Bonchev–Trinajstić information content (AvgIpc) is 3.17. The van der Waals surface area contributed by atoms with Gasteiger partial charge in [0, 0.05) is 31.8 Å². The molecule has 140 valence electrons. The molecule has 3 heterocycles. The Morgan fingerprint density at radius 1 is 1.11 bits per heavy atom. The second kappa shape index (κ2) is 7.83. The summed E-state index contributed by atoms with van der Waals surface area (Å²) in [6.07, 6.45) is 5.43. The van der Waals surface area contributed by atoms with Crippen LogP contribution in [0.2, 0.25) is 0 Å². The summed E-state index contributed by atoms with van der Waals surface area (Å²) in [6, 6.07) is 13.2. The predicted octanol–water partition coefficient (Wildman–Crippen LogP) is 1.75. The number of nitrogens with one attached hydrogen (secondary N) is 2. The molecule has 0 radical (unpaired) electrons. The van der Waals surface area contributed by atoms with Crippen LogP contribution in [0.5, 0.6) is 0 Å². The Bertz CT molecular complexity index is 1150. The number of aryl methyl sites for hydroxylation is 1. The van der Waals surface area contributed by atoms with Gasteiger partial charge in [-0.15, -0.1) is 0 Å². The number of aromatic amines is 1. The highest BCUT2D eigenvalue weighted by molar-refractivity contribution is 5.77. The Labute approximate surface area is 160 Å². The fraction of sp³-hybridized carbons (Fsp3) is 0.150. The molecule has 0 fully saturated rings. The fourth-order valence-electron chi connectivity index (χ4n) is 2.86. The normalized spacial score (nSPS) is 10.9. The van der Waals surface area contributed by atoms with Crippen molar-refractivity contribution in [3.8, 4) is 5.69 Å². The number of benzene rings is 1. The van der Waals surface area contributed by atoms with Crippen LogP contribution < -0.4 is 10.9 Å². The van der Waals surface area contributed by atoms with Crippen molar-refractivity contribution in [2.24, 2.45) is 0 Å². The number of nitrogens with zero attached hydrogens (tertiary/aromatic N) is 4. The fourth-order valence-corrected chi connectivity index (χ4v) is 2.86. The van der Waals surface area contributed by atoms with E-state index in [-0.39, 0.29) is 17.9 Å². The van der Waals surface area contributed by atoms with E-state index in [1.165, 1.54) is 6.20 Å². The van der Waals surface area contributed by atoms with Crippen molar-refractivity contribution >= 4 is 16.9 Å². The molecular weight excluding hydrogens is 356 g/mol. The van der Waals surface area contributed by atoms with Crippen molar-refractivity contribution in [2.45, 2.75) is 19.4 Å². The number of hydrogen-bond donors (Lipinski definition) is 2. The lowest BCUT2D eigenvalue weighted by atomic mass is 10.2. The van der Waals surface area contributed by atoms with Gasteiger partial charge in [0.2, 0.25) is 5.91 Å². The van der Waals surface area contributed by atoms with Gasteiger partial charge in [-0.05, 0) is 23.8 Å². The first-order valence-electron chi connectivity index (χ1n) is 8.88. The average molecular weight is 374 g/mol. The third kappa shape index (κ3) is 3.80. The second-order valence-corrected chi connectivity index (χ2v) is 6.28. The van der Waals surface area contributed by atoms with Gasteiger partial charge < -0.3 is 10.3 Å². The molecule has 0 saturated heterocycles. The molecule has 0 aliphatic heterocycles. The maximum absolute atomic E-state index is 12.3. The van der Waals surface area contributed by atoms with Gasteiger partial charge in [-0.3, -0.25) is 14.6 Å². The lowest BCUT2D eigenvalue weighted by Crippen LogP contribution is -2.24. The van der Waals surface area contributed by atoms with Crippen LogP contribution in [-0.2, 0) is 17.8 Å². The Hall–Kier alpha value is -3.81. The van der Waals surface area contributed by atoms with E-state index in [1.807, 2.05) is 42.5 Å². The number of para-hydroxylation sites is 1. The molecule has 0 aliphatic carbocycles. The second-order valence-electron chi connectivity index (χ2n) is 6.28. The highest BCUT2D eigenvalue weighted by atomic mass is 16.1. The van der Waals surface area contributed by atoms with Crippen LogP contribution in [0.25, 0.3) is 16.7 Å². The third-order valence-electron chi connectivity index (χ3n) is 4.29. The van der Waals surface area contributed by atoms with Gasteiger partial charge in [-0.25, -0.2) is 9.67 Å². The Morgan fingerprint density at radius 3 is 2.75 bits per heavy atom. The summed E-state index contributed by atoms with van der Waals surface area (Å²) in [5.41, 5.74) is 1.95. The lowest BCUT2D eigenvalue weighted by molar-refractivity contribution is -0.121. The molecule has 0 atom stereocenters. The molecule has 0 aliphatic rings. The van der Waals surface area contributed by atoms with Crippen molar-refractivity contribution < 1.29 is 4.79 Å². The smallest absolute Gasteiger partial charge is 0.262 e. The predicted molar refractivity (Wildman–Crippen MR) is 104 cm³/mol. The lowest BCUT2D eigenvalue weighted by Gasteiger charge is -2.06. The van der Waals surface area contributed by atoms with Crippen LogP contribution in [-0.4, -0.2) is 30.6 Å². The molecule has 28 heavy (non-hydrogen) atoms. The maximum Gasteiger partial charge on any atom is 0.262 e. The van der Waals surface area contributed by atoms with Gasteiger partial charge in [-0.2, -0.15) is 5.10 Å². The first-order valence-corrected chi connectivity index (χ1v) is 8.88. The number of hydrogen-bond acceptors (Lipinski definition) is 5. The summed E-state index contributed by atoms with van der Waals surface area (Å²) in [5, 5.41) is 7.52. The van der Waals surface area contributed by atoms with E-state index in [0.717, 1.165) is 11.3 Å². The summed E-state index contributed by atoms with van der Waals surface area (Å²) in [4.78, 5) is 35.7. The quantitative estimate of drug-likeness (QED) is 0.535. The van der Waals surface area contributed by atoms with Crippen LogP contribution in [0, 0.1) is 0 Å². The number of carbonyl (C=O) groups excluding carboxylic acids is 1. The minimum Gasteiger partial charge on any atom is -0.352 e. The van der Waals surface area contributed by atoms with Gasteiger partial charge in [-0.1, -0.05) is 24.3 Å². The van der Waals surface area contributed by atoms with E-state index in [4.69, 9.17) is 0 Å². The Balaban J connectivity index is 1.48. The highest BCUT2D eigenvalue weighted by Crippen LogP contribution is 2.13. The molecule has 1 aromatic carbocycles. The van der Waals surface area contributed by atoms with Crippen LogP contribution in [0.15, 0.2) is 65.8 Å². The monoisotopic (exact) mass is 374 g/mol. The van der Waals surface area contributed by atoms with E-state index in [2.05, 4.69) is 25.4 Å². The molecule has 0 unspecified atom stereocenters. The third-order valence-corrected chi connectivity index (χ3v) is 4.29. The summed E-state index contributed by atoms with van der Waals surface area (Å²) >= 11 is 0. The standard InChI is InChI=1S/C20H18N6O2/c27-18(22-12-14-5-4-10-21-11-14)9-8-17-24-19-16(20(28)25-17)13-23-26(19)15-6-2-1-3-7-15/h1-7,10-11,13H,8-9,12H2,(H,22,27)(H,24,25,28). The minimum atomic E-state index is -0.266. The minimum absolute atomic E-state index is 0.122. The molecular formula is C20H18N6O2. The topological polar surface area (TPSA) is 106 Å². The van der Waals surface area contributed by atoms with E-state index in [0.29, 0.717) is 29.8 Å². The SMILES string of the molecule is O=C(CCc1nc2c(cnn2-c2ccccc2)c(=O)[nH]1)NCc1cccnc1. The molecule has 4 rings (SSSR count).